The van der Waals surface area contributed by atoms with Crippen LogP contribution >= 0.6 is 0 Å². The molecule has 0 aromatic carbocycles. The largest absolute Gasteiger partial charge is 0.494 e. The van der Waals surface area contributed by atoms with Gasteiger partial charge in [-0.05, 0) is 25.7 Å². The molecule has 0 radical (unpaired) electrons. The molecule has 0 aliphatic carbocycles. The number of ether oxygens (including phenoxy) is 1. The molecule has 0 aliphatic rings. The van der Waals surface area contributed by atoms with Crippen LogP contribution in [0, 0.1) is 5.41 Å². The van der Waals surface area contributed by atoms with Gasteiger partial charge in [0.2, 0.25) is 0 Å². The van der Waals surface area contributed by atoms with Crippen LogP contribution in [0.3, 0.4) is 0 Å². The molecule has 0 saturated heterocycles. The van der Waals surface area contributed by atoms with Gasteiger partial charge in [-0.25, -0.2) is 0 Å². The quantitative estimate of drug-likeness (QED) is 0.669. The summed E-state index contributed by atoms with van der Waals surface area (Å²) in [6.45, 7) is 18.0. The third kappa shape index (κ3) is 7.75. The smallest absolute Gasteiger partial charge is 0.106 e. The predicted octanol–water partition coefficient (Wildman–Crippen LogP) is 3.73. The van der Waals surface area contributed by atoms with E-state index in [9.17, 15) is 0 Å². The van der Waals surface area contributed by atoms with E-state index >= 15 is 0 Å². The molecule has 0 saturated carbocycles. The number of hydrogen-bond donors (Lipinski definition) is 1. The molecule has 0 spiro atoms. The first-order valence-corrected chi connectivity index (χ1v) is 6.35. The molecule has 2 heteroatoms. The van der Waals surface area contributed by atoms with Gasteiger partial charge in [-0.3, -0.25) is 0 Å². The molecule has 1 atom stereocenters. The molecule has 0 aromatic heterocycles. The summed E-state index contributed by atoms with van der Waals surface area (Å²) in [5.74, 6) is 0.876. The van der Waals surface area contributed by atoms with Gasteiger partial charge in [0, 0.05) is 6.54 Å². The first kappa shape index (κ1) is 15.5. The fraction of sp³-hybridized carbons (Fsp3) is 0.857. The molecule has 0 aromatic rings. The second kappa shape index (κ2) is 6.95. The molecule has 0 heterocycles. The number of rotatable bonds is 7. The highest BCUT2D eigenvalue weighted by Gasteiger charge is 2.17. The zero-order valence-electron chi connectivity index (χ0n) is 11.9. The molecule has 2 nitrogen and oxygen atoms in total. The minimum atomic E-state index is 0.211. The Labute approximate surface area is 101 Å². The molecular weight excluding hydrogens is 198 g/mol. The molecule has 16 heavy (non-hydrogen) atoms. The fourth-order valence-electron chi connectivity index (χ4n) is 1.48. The van der Waals surface area contributed by atoms with Crippen LogP contribution in [0.4, 0.5) is 0 Å². The SMILES string of the molecule is C=C(OC(C)C)C(CCC)NCC(C)(C)C. The Hall–Kier alpha value is -0.500. The summed E-state index contributed by atoms with van der Waals surface area (Å²) in [7, 11) is 0. The van der Waals surface area contributed by atoms with E-state index in [1.807, 2.05) is 13.8 Å². The van der Waals surface area contributed by atoms with Crippen molar-refractivity contribution in [2.45, 2.75) is 66.5 Å². The van der Waals surface area contributed by atoms with E-state index in [0.717, 1.165) is 25.1 Å². The third-order valence-corrected chi connectivity index (χ3v) is 2.23. The molecule has 96 valence electrons. The maximum Gasteiger partial charge on any atom is 0.106 e. The van der Waals surface area contributed by atoms with Crippen LogP contribution in [0.15, 0.2) is 12.3 Å². The van der Waals surface area contributed by atoms with E-state index in [2.05, 4.69) is 39.6 Å². The first-order chi connectivity index (χ1) is 7.26. The summed E-state index contributed by atoms with van der Waals surface area (Å²) in [6.07, 6.45) is 2.44. The summed E-state index contributed by atoms with van der Waals surface area (Å²) in [6, 6.07) is 0.284. The van der Waals surface area contributed by atoms with Crippen molar-refractivity contribution in [1.29, 1.82) is 0 Å². The van der Waals surface area contributed by atoms with Crippen LogP contribution < -0.4 is 5.32 Å². The molecule has 0 fully saturated rings. The van der Waals surface area contributed by atoms with Crippen molar-refractivity contribution in [2.24, 2.45) is 5.41 Å². The summed E-state index contributed by atoms with van der Waals surface area (Å²) < 4.78 is 5.67. The molecule has 1 N–H and O–H groups in total. The van der Waals surface area contributed by atoms with Gasteiger partial charge in [0.25, 0.3) is 0 Å². The van der Waals surface area contributed by atoms with Crippen molar-refractivity contribution in [3.05, 3.63) is 12.3 Å². The lowest BCUT2D eigenvalue weighted by atomic mass is 9.96. The Balaban J connectivity index is 4.20. The van der Waals surface area contributed by atoms with Gasteiger partial charge in [-0.1, -0.05) is 40.7 Å². The van der Waals surface area contributed by atoms with Crippen molar-refractivity contribution in [2.75, 3.05) is 6.54 Å². The second-order valence-electron chi connectivity index (χ2n) is 5.92. The average Bonchev–Trinajstić information content (AvgIpc) is 2.09. The lowest BCUT2D eigenvalue weighted by molar-refractivity contribution is 0.124. The van der Waals surface area contributed by atoms with Crippen molar-refractivity contribution in [3.63, 3.8) is 0 Å². The van der Waals surface area contributed by atoms with Crippen molar-refractivity contribution >= 4 is 0 Å². The Morgan fingerprint density at radius 2 is 1.88 bits per heavy atom. The standard InChI is InChI=1S/C14H29NO/c1-8-9-13(12(4)16-11(2)3)15-10-14(5,6)7/h11,13,15H,4,8-10H2,1-3,5-7H3. The summed E-state index contributed by atoms with van der Waals surface area (Å²) in [5, 5.41) is 3.54. The normalized spacial score (nSPS) is 13.9. The molecular formula is C14H29NO. The van der Waals surface area contributed by atoms with Gasteiger partial charge in [0.1, 0.15) is 5.76 Å². The minimum Gasteiger partial charge on any atom is -0.494 e. The zero-order valence-corrected chi connectivity index (χ0v) is 11.9. The van der Waals surface area contributed by atoms with E-state index in [1.54, 1.807) is 0 Å². The van der Waals surface area contributed by atoms with Crippen molar-refractivity contribution in [1.82, 2.24) is 5.32 Å². The van der Waals surface area contributed by atoms with E-state index in [1.165, 1.54) is 0 Å². The van der Waals surface area contributed by atoms with Crippen molar-refractivity contribution < 1.29 is 4.74 Å². The van der Waals surface area contributed by atoms with Gasteiger partial charge in [0.15, 0.2) is 0 Å². The van der Waals surface area contributed by atoms with Gasteiger partial charge in [0.05, 0.1) is 12.1 Å². The fourth-order valence-corrected chi connectivity index (χ4v) is 1.48. The highest BCUT2D eigenvalue weighted by atomic mass is 16.5. The highest BCUT2D eigenvalue weighted by Crippen LogP contribution is 2.15. The van der Waals surface area contributed by atoms with Gasteiger partial charge in [-0.15, -0.1) is 0 Å². The maximum absolute atomic E-state index is 5.67. The lowest BCUT2D eigenvalue weighted by Crippen LogP contribution is -2.37. The molecule has 0 rings (SSSR count). The Morgan fingerprint density at radius 1 is 1.31 bits per heavy atom. The highest BCUT2D eigenvalue weighted by molar-refractivity contribution is 4.97. The zero-order chi connectivity index (χ0) is 12.8. The van der Waals surface area contributed by atoms with Gasteiger partial charge >= 0.3 is 0 Å². The second-order valence-corrected chi connectivity index (χ2v) is 5.92. The topological polar surface area (TPSA) is 21.3 Å². The number of nitrogens with one attached hydrogen (secondary N) is 1. The average molecular weight is 227 g/mol. The van der Waals surface area contributed by atoms with E-state index in [-0.39, 0.29) is 12.1 Å². The predicted molar refractivity (Wildman–Crippen MR) is 71.5 cm³/mol. The molecule has 0 aliphatic heterocycles. The van der Waals surface area contributed by atoms with Crippen LogP contribution in [0.5, 0.6) is 0 Å². The summed E-state index contributed by atoms with van der Waals surface area (Å²) in [4.78, 5) is 0. The van der Waals surface area contributed by atoms with E-state index in [4.69, 9.17) is 4.74 Å². The molecule has 1 unspecified atom stereocenters. The third-order valence-electron chi connectivity index (χ3n) is 2.23. The number of hydrogen-bond acceptors (Lipinski definition) is 2. The monoisotopic (exact) mass is 227 g/mol. The van der Waals surface area contributed by atoms with Gasteiger partial charge in [-0.2, -0.15) is 0 Å². The molecule has 0 bridgehead atoms. The lowest BCUT2D eigenvalue weighted by Gasteiger charge is -2.27. The van der Waals surface area contributed by atoms with Crippen LogP contribution in [-0.2, 0) is 4.74 Å². The van der Waals surface area contributed by atoms with Crippen LogP contribution in [0.2, 0.25) is 0 Å². The van der Waals surface area contributed by atoms with Crippen molar-refractivity contribution in [3.8, 4) is 0 Å². The van der Waals surface area contributed by atoms with Crippen LogP contribution in [0.1, 0.15) is 54.4 Å². The Bertz CT molecular complexity index is 203. The first-order valence-electron chi connectivity index (χ1n) is 6.35. The maximum atomic E-state index is 5.67. The Kier molecular flexibility index (Phi) is 6.73. The molecule has 0 amide bonds. The minimum absolute atomic E-state index is 0.211. The van der Waals surface area contributed by atoms with E-state index < -0.39 is 0 Å². The van der Waals surface area contributed by atoms with E-state index in [0.29, 0.717) is 5.41 Å². The summed E-state index contributed by atoms with van der Waals surface area (Å²) >= 11 is 0. The Morgan fingerprint density at radius 3 is 2.25 bits per heavy atom. The van der Waals surface area contributed by atoms with Crippen LogP contribution in [0.25, 0.3) is 0 Å². The summed E-state index contributed by atoms with van der Waals surface area (Å²) in [5.41, 5.74) is 0.296. The van der Waals surface area contributed by atoms with Gasteiger partial charge < -0.3 is 10.1 Å². The van der Waals surface area contributed by atoms with Crippen LogP contribution in [-0.4, -0.2) is 18.7 Å².